The molecule has 1 saturated carbocycles. The Hall–Kier alpha value is -3.16. The predicted molar refractivity (Wildman–Crippen MR) is 159 cm³/mol. The number of nitrogens with one attached hydrogen (secondary N) is 2. The van der Waals surface area contributed by atoms with Crippen molar-refractivity contribution in [3.8, 4) is 10.4 Å². The van der Waals surface area contributed by atoms with Crippen LogP contribution >= 0.6 is 11.3 Å². The molecule has 3 amide bonds. The third kappa shape index (κ3) is 7.61. The summed E-state index contributed by atoms with van der Waals surface area (Å²) in [7, 11) is -1.54. The van der Waals surface area contributed by atoms with Crippen molar-refractivity contribution in [3.63, 3.8) is 0 Å². The summed E-state index contributed by atoms with van der Waals surface area (Å²) in [6.07, 6.45) is 1.54. The van der Waals surface area contributed by atoms with E-state index in [2.05, 4.69) is 15.3 Å². The van der Waals surface area contributed by atoms with E-state index < -0.39 is 56.9 Å². The zero-order valence-electron chi connectivity index (χ0n) is 24.4. The number of rotatable bonds is 12. The first kappa shape index (κ1) is 31.8. The van der Waals surface area contributed by atoms with Crippen molar-refractivity contribution in [1.29, 1.82) is 0 Å². The standard InChI is InChI=1S/C29H39FN4O6SSi/c1-17-23(41-16-31-17)19-9-7-18(8-10-19)20(14-40-15-22(35)36)32-25(37)21-6-5-13-34(21)26(38)24(28(2,3)4)42-33-27(39)29(30)11-12-29/h7-10,16,20-21,24H,5-6,11-15,42H2,1-4H3,(H,32,37)(H,33,39)(H,35,36)/t20?,21-,24+/m0/s1. The highest BCUT2D eigenvalue weighted by Gasteiger charge is 2.51. The molecule has 13 heteroatoms. The van der Waals surface area contributed by atoms with Crippen molar-refractivity contribution in [2.45, 2.75) is 76.7 Å². The van der Waals surface area contributed by atoms with Crippen LogP contribution in [0.3, 0.4) is 0 Å². The number of benzene rings is 1. The van der Waals surface area contributed by atoms with Crippen LogP contribution in [0.5, 0.6) is 0 Å². The number of nitrogens with zero attached hydrogens (tertiary/aromatic N) is 2. The van der Waals surface area contributed by atoms with Gasteiger partial charge in [-0.05, 0) is 49.1 Å². The second kappa shape index (κ2) is 13.0. The van der Waals surface area contributed by atoms with E-state index in [1.54, 1.807) is 10.4 Å². The molecule has 2 aliphatic rings. The first-order valence-electron chi connectivity index (χ1n) is 14.2. The highest BCUT2D eigenvalue weighted by atomic mass is 32.1. The number of thiazole rings is 1. The van der Waals surface area contributed by atoms with Gasteiger partial charge in [-0.15, -0.1) is 11.3 Å². The average Bonchev–Trinajstić information content (AvgIpc) is 3.30. The molecule has 10 nitrogen and oxygen atoms in total. The number of carbonyl (C=O) groups is 4. The summed E-state index contributed by atoms with van der Waals surface area (Å²) in [5.41, 5.74) is 1.60. The number of alkyl halides is 1. The molecule has 1 aliphatic heterocycles. The van der Waals surface area contributed by atoms with Gasteiger partial charge in [-0.1, -0.05) is 45.0 Å². The lowest BCUT2D eigenvalue weighted by Crippen LogP contribution is -2.52. The van der Waals surface area contributed by atoms with Gasteiger partial charge in [0.2, 0.25) is 17.7 Å². The van der Waals surface area contributed by atoms with Crippen molar-refractivity contribution >= 4 is 44.7 Å². The van der Waals surface area contributed by atoms with Crippen LogP contribution in [-0.4, -0.2) is 79.8 Å². The van der Waals surface area contributed by atoms with Gasteiger partial charge in [-0.2, -0.15) is 0 Å². The van der Waals surface area contributed by atoms with Gasteiger partial charge < -0.3 is 25.0 Å². The summed E-state index contributed by atoms with van der Waals surface area (Å²) >= 11 is 1.53. The summed E-state index contributed by atoms with van der Waals surface area (Å²) in [6.45, 7) is 7.50. The number of hydrogen-bond donors (Lipinski definition) is 3. The van der Waals surface area contributed by atoms with Crippen molar-refractivity contribution in [2.24, 2.45) is 5.41 Å². The van der Waals surface area contributed by atoms with Gasteiger partial charge in [-0.25, -0.2) is 14.2 Å². The van der Waals surface area contributed by atoms with Gasteiger partial charge in [0.25, 0.3) is 0 Å². The van der Waals surface area contributed by atoms with Gasteiger partial charge in [0, 0.05) is 6.54 Å². The van der Waals surface area contributed by atoms with E-state index in [4.69, 9.17) is 9.84 Å². The lowest BCUT2D eigenvalue weighted by Gasteiger charge is -2.35. The smallest absolute Gasteiger partial charge is 0.329 e. The summed E-state index contributed by atoms with van der Waals surface area (Å²) in [6, 6.07) is 6.22. The van der Waals surface area contributed by atoms with Crippen molar-refractivity contribution < 1.29 is 33.4 Å². The number of hydrogen-bond acceptors (Lipinski definition) is 7. The van der Waals surface area contributed by atoms with E-state index in [1.807, 2.05) is 52.0 Å². The maximum atomic E-state index is 14.2. The average molecular weight is 619 g/mol. The number of carboxylic acid groups (broad SMARTS) is 1. The van der Waals surface area contributed by atoms with Crippen LogP contribution < -0.4 is 10.3 Å². The molecular weight excluding hydrogens is 579 g/mol. The molecule has 1 aromatic carbocycles. The van der Waals surface area contributed by atoms with Gasteiger partial charge >= 0.3 is 5.97 Å². The lowest BCUT2D eigenvalue weighted by atomic mass is 9.90. The number of amides is 3. The summed E-state index contributed by atoms with van der Waals surface area (Å²) < 4.78 is 19.6. The molecule has 2 fully saturated rings. The van der Waals surface area contributed by atoms with E-state index >= 15 is 0 Å². The third-order valence-corrected chi connectivity index (χ3v) is 11.4. The second-order valence-electron chi connectivity index (χ2n) is 12.1. The Morgan fingerprint density at radius 3 is 2.50 bits per heavy atom. The van der Waals surface area contributed by atoms with Crippen molar-refractivity contribution in [1.82, 2.24) is 20.2 Å². The minimum Gasteiger partial charge on any atom is -0.480 e. The Bertz CT molecular complexity index is 1310. The monoisotopic (exact) mass is 618 g/mol. The molecule has 2 aromatic rings. The molecule has 228 valence electrons. The highest BCUT2D eigenvalue weighted by Crippen LogP contribution is 2.40. The van der Waals surface area contributed by atoms with Crippen LogP contribution in [0, 0.1) is 12.3 Å². The maximum absolute atomic E-state index is 14.2. The van der Waals surface area contributed by atoms with E-state index in [0.717, 1.165) is 21.7 Å². The molecule has 0 spiro atoms. The number of carboxylic acids is 1. The molecule has 0 radical (unpaired) electrons. The molecular formula is C29H39FN4O6SSi. The fraction of sp³-hybridized carbons (Fsp3) is 0.552. The number of aliphatic carboxylic acids is 1. The SMILES string of the molecule is Cc1ncsc1-c1ccc(C(COCC(=O)O)NC(=O)[C@@H]2CCCN2C(=O)[C@@H]([SiH2]NC(=O)C2(F)CC2)C(C)(C)C)cc1. The zero-order valence-corrected chi connectivity index (χ0v) is 26.7. The minimum absolute atomic E-state index is 0.0633. The Balaban J connectivity index is 1.48. The third-order valence-electron chi connectivity index (χ3n) is 7.89. The van der Waals surface area contributed by atoms with E-state index in [-0.39, 0.29) is 31.3 Å². The van der Waals surface area contributed by atoms with Crippen LogP contribution in [0.25, 0.3) is 10.4 Å². The number of halogens is 1. The molecule has 1 aromatic heterocycles. The lowest BCUT2D eigenvalue weighted by molar-refractivity contribution is -0.143. The topological polar surface area (TPSA) is 138 Å². The minimum atomic E-state index is -1.80. The summed E-state index contributed by atoms with van der Waals surface area (Å²) in [5, 5.41) is 12.0. The molecule has 2 heterocycles. The van der Waals surface area contributed by atoms with Crippen molar-refractivity contribution in [2.75, 3.05) is 19.8 Å². The first-order chi connectivity index (χ1) is 19.8. The van der Waals surface area contributed by atoms with Crippen LogP contribution in [0.4, 0.5) is 4.39 Å². The van der Waals surface area contributed by atoms with E-state index in [0.29, 0.717) is 19.4 Å². The molecule has 1 unspecified atom stereocenters. The van der Waals surface area contributed by atoms with Crippen LogP contribution in [0.15, 0.2) is 29.8 Å². The first-order valence-corrected chi connectivity index (χ1v) is 16.6. The quantitative estimate of drug-likeness (QED) is 0.311. The normalized spacial score (nSPS) is 19.5. The number of aromatic nitrogens is 1. The zero-order chi connectivity index (χ0) is 30.7. The van der Waals surface area contributed by atoms with E-state index in [1.165, 1.54) is 11.3 Å². The highest BCUT2D eigenvalue weighted by molar-refractivity contribution is 7.13. The van der Waals surface area contributed by atoms with Gasteiger partial charge in [0.15, 0.2) is 5.67 Å². The number of carbonyl (C=O) groups excluding carboxylic acids is 3. The molecule has 0 bridgehead atoms. The molecule has 1 saturated heterocycles. The molecule has 42 heavy (non-hydrogen) atoms. The Morgan fingerprint density at radius 1 is 1.24 bits per heavy atom. The molecule has 3 atom stereocenters. The number of likely N-dealkylation sites (tertiary alicyclic amines) is 1. The molecule has 3 N–H and O–H groups in total. The summed E-state index contributed by atoms with van der Waals surface area (Å²) in [5.74, 6) is -2.31. The fourth-order valence-corrected chi connectivity index (χ4v) is 7.70. The Morgan fingerprint density at radius 2 is 1.93 bits per heavy atom. The largest absolute Gasteiger partial charge is 0.480 e. The predicted octanol–water partition coefficient (Wildman–Crippen LogP) is 2.90. The number of ether oxygens (including phenoxy) is 1. The van der Waals surface area contributed by atoms with Crippen LogP contribution in [-0.2, 0) is 23.9 Å². The maximum Gasteiger partial charge on any atom is 0.329 e. The Labute approximate surface area is 251 Å². The van der Waals surface area contributed by atoms with E-state index in [9.17, 15) is 23.6 Å². The van der Waals surface area contributed by atoms with Gasteiger partial charge in [0.05, 0.1) is 34.3 Å². The number of aryl methyl sites for hydroxylation is 1. The van der Waals surface area contributed by atoms with Gasteiger partial charge in [0.1, 0.15) is 22.3 Å². The fourth-order valence-electron chi connectivity index (χ4n) is 5.16. The van der Waals surface area contributed by atoms with Crippen LogP contribution in [0.2, 0.25) is 5.54 Å². The van der Waals surface area contributed by atoms with Gasteiger partial charge in [-0.3, -0.25) is 14.4 Å². The molecule has 4 rings (SSSR count). The van der Waals surface area contributed by atoms with Crippen LogP contribution in [0.1, 0.15) is 63.8 Å². The Kier molecular flexibility index (Phi) is 9.83. The van der Waals surface area contributed by atoms with Crippen molar-refractivity contribution in [3.05, 3.63) is 41.0 Å². The second-order valence-corrected chi connectivity index (χ2v) is 14.6. The summed E-state index contributed by atoms with van der Waals surface area (Å²) in [4.78, 5) is 60.4. The molecule has 1 aliphatic carbocycles.